The number of nitrogens with zero attached hydrogens (tertiary/aromatic N) is 2. The molecule has 0 aromatic heterocycles. The number of hydrogen-bond donors (Lipinski definition) is 2. The minimum atomic E-state index is 0.414. The summed E-state index contributed by atoms with van der Waals surface area (Å²) in [6.45, 7) is 4.21. The SMILES string of the molecule is CCCCSC(=NO)C(=NO)SCCCC. The summed E-state index contributed by atoms with van der Waals surface area (Å²) in [4.78, 5) is 0. The number of unbranched alkanes of at least 4 members (excludes halogenated alkanes) is 2. The fraction of sp³-hybridized carbons (Fsp3) is 0.800. The summed E-state index contributed by atoms with van der Waals surface area (Å²) in [5, 5.41) is 24.9. The minimum Gasteiger partial charge on any atom is -0.410 e. The normalized spacial score (nSPS) is 13.1. The molecule has 0 amide bonds. The maximum absolute atomic E-state index is 8.85. The van der Waals surface area contributed by atoms with Crippen LogP contribution in [0.3, 0.4) is 0 Å². The molecule has 0 aliphatic carbocycles. The fourth-order valence-electron chi connectivity index (χ4n) is 0.893. The Kier molecular flexibility index (Phi) is 10.9. The molecular weight excluding hydrogens is 244 g/mol. The molecule has 0 aromatic carbocycles. The van der Waals surface area contributed by atoms with E-state index in [1.54, 1.807) is 0 Å². The molecule has 0 aliphatic heterocycles. The highest BCUT2D eigenvalue weighted by molar-refractivity contribution is 8.25. The highest BCUT2D eigenvalue weighted by Gasteiger charge is 2.11. The monoisotopic (exact) mass is 264 g/mol. The molecule has 16 heavy (non-hydrogen) atoms. The lowest BCUT2D eigenvalue weighted by atomic mass is 10.4. The van der Waals surface area contributed by atoms with Crippen molar-refractivity contribution in [3.05, 3.63) is 0 Å². The van der Waals surface area contributed by atoms with Gasteiger partial charge in [0.1, 0.15) is 0 Å². The van der Waals surface area contributed by atoms with Crippen molar-refractivity contribution in [2.24, 2.45) is 10.3 Å². The summed E-state index contributed by atoms with van der Waals surface area (Å²) in [7, 11) is 0. The van der Waals surface area contributed by atoms with Crippen molar-refractivity contribution < 1.29 is 10.4 Å². The number of rotatable bonds is 6. The zero-order chi connectivity index (χ0) is 12.2. The van der Waals surface area contributed by atoms with Gasteiger partial charge in [-0.25, -0.2) is 0 Å². The van der Waals surface area contributed by atoms with Crippen LogP contribution in [0, 0.1) is 0 Å². The van der Waals surface area contributed by atoms with Gasteiger partial charge < -0.3 is 10.4 Å². The molecule has 0 saturated carbocycles. The summed E-state index contributed by atoms with van der Waals surface area (Å²) in [5.74, 6) is 1.76. The van der Waals surface area contributed by atoms with Crippen LogP contribution in [-0.2, 0) is 0 Å². The van der Waals surface area contributed by atoms with Crippen molar-refractivity contribution in [3.63, 3.8) is 0 Å². The highest BCUT2D eigenvalue weighted by atomic mass is 32.2. The van der Waals surface area contributed by atoms with Gasteiger partial charge in [0.05, 0.1) is 0 Å². The summed E-state index contributed by atoms with van der Waals surface area (Å²) in [5.41, 5.74) is 0. The third-order valence-electron chi connectivity index (χ3n) is 1.84. The first-order valence-corrected chi connectivity index (χ1v) is 7.47. The van der Waals surface area contributed by atoms with Crippen molar-refractivity contribution in [2.45, 2.75) is 39.5 Å². The van der Waals surface area contributed by atoms with Gasteiger partial charge >= 0.3 is 0 Å². The van der Waals surface area contributed by atoms with Crippen LogP contribution in [0.4, 0.5) is 0 Å². The molecular formula is C10H20N2O2S2. The Morgan fingerprint density at radius 1 is 0.875 bits per heavy atom. The van der Waals surface area contributed by atoms with E-state index in [-0.39, 0.29) is 0 Å². The van der Waals surface area contributed by atoms with Crippen LogP contribution >= 0.6 is 23.5 Å². The van der Waals surface area contributed by atoms with E-state index >= 15 is 0 Å². The molecule has 0 atom stereocenters. The molecule has 0 aliphatic rings. The largest absolute Gasteiger partial charge is 0.410 e. The van der Waals surface area contributed by atoms with Gasteiger partial charge in [0, 0.05) is 0 Å². The Hall–Kier alpha value is -0.360. The minimum absolute atomic E-state index is 0.414. The van der Waals surface area contributed by atoms with Crippen LogP contribution in [0.15, 0.2) is 10.3 Å². The molecule has 0 bridgehead atoms. The molecule has 0 aromatic rings. The molecule has 0 radical (unpaired) electrons. The first-order valence-electron chi connectivity index (χ1n) is 5.50. The molecule has 0 rings (SSSR count). The lowest BCUT2D eigenvalue weighted by Gasteiger charge is -2.05. The molecule has 0 spiro atoms. The zero-order valence-corrected chi connectivity index (χ0v) is 11.5. The molecule has 0 heterocycles. The van der Waals surface area contributed by atoms with E-state index in [1.165, 1.54) is 23.5 Å². The Balaban J connectivity index is 4.09. The molecule has 2 N–H and O–H groups in total. The Morgan fingerprint density at radius 2 is 1.25 bits per heavy atom. The summed E-state index contributed by atoms with van der Waals surface area (Å²) >= 11 is 2.85. The van der Waals surface area contributed by atoms with Gasteiger partial charge in [-0.3, -0.25) is 0 Å². The van der Waals surface area contributed by atoms with E-state index in [4.69, 9.17) is 10.4 Å². The van der Waals surface area contributed by atoms with E-state index in [0.29, 0.717) is 10.1 Å². The van der Waals surface area contributed by atoms with Crippen molar-refractivity contribution >= 4 is 33.6 Å². The summed E-state index contributed by atoms with van der Waals surface area (Å²) in [6, 6.07) is 0. The maximum Gasteiger partial charge on any atom is 0.171 e. The van der Waals surface area contributed by atoms with Gasteiger partial charge in [0.25, 0.3) is 0 Å². The van der Waals surface area contributed by atoms with Gasteiger partial charge in [-0.15, -0.1) is 23.5 Å². The molecule has 6 heteroatoms. The van der Waals surface area contributed by atoms with E-state index < -0.39 is 0 Å². The Bertz CT molecular complexity index is 209. The maximum atomic E-state index is 8.85. The van der Waals surface area contributed by atoms with E-state index in [9.17, 15) is 0 Å². The van der Waals surface area contributed by atoms with Crippen molar-refractivity contribution in [3.8, 4) is 0 Å². The summed E-state index contributed by atoms with van der Waals surface area (Å²) < 4.78 is 0. The first kappa shape index (κ1) is 15.6. The lowest BCUT2D eigenvalue weighted by molar-refractivity contribution is 0.316. The van der Waals surface area contributed by atoms with Crippen molar-refractivity contribution in [1.82, 2.24) is 0 Å². The van der Waals surface area contributed by atoms with E-state index in [1.807, 2.05) is 0 Å². The average molecular weight is 264 g/mol. The topological polar surface area (TPSA) is 65.2 Å². The second-order valence-electron chi connectivity index (χ2n) is 3.21. The van der Waals surface area contributed by atoms with E-state index in [0.717, 1.165) is 37.2 Å². The highest BCUT2D eigenvalue weighted by Crippen LogP contribution is 2.17. The van der Waals surface area contributed by atoms with Crippen LogP contribution < -0.4 is 0 Å². The fourth-order valence-corrected chi connectivity index (χ4v) is 2.94. The third-order valence-corrected chi connectivity index (χ3v) is 4.05. The predicted octanol–water partition coefficient (Wildman–Crippen LogP) is 3.63. The molecule has 0 saturated heterocycles. The van der Waals surface area contributed by atoms with Gasteiger partial charge in [-0.05, 0) is 24.3 Å². The lowest BCUT2D eigenvalue weighted by Crippen LogP contribution is -2.08. The molecule has 0 unspecified atom stereocenters. The zero-order valence-electron chi connectivity index (χ0n) is 9.85. The summed E-state index contributed by atoms with van der Waals surface area (Å²) in [6.07, 6.45) is 4.31. The standard InChI is InChI=1S/C10H20N2O2S2/c1-3-5-7-15-9(11-13)10(12-14)16-8-6-4-2/h13-14H,3-8H2,1-2H3. The number of oxime groups is 2. The van der Waals surface area contributed by atoms with Gasteiger partial charge in [0.2, 0.25) is 0 Å². The number of hydrogen-bond acceptors (Lipinski definition) is 6. The third kappa shape index (κ3) is 7.00. The van der Waals surface area contributed by atoms with Crippen LogP contribution in [0.2, 0.25) is 0 Å². The predicted molar refractivity (Wildman–Crippen MR) is 73.2 cm³/mol. The first-order chi connectivity index (χ1) is 7.79. The van der Waals surface area contributed by atoms with E-state index in [2.05, 4.69) is 24.2 Å². The van der Waals surface area contributed by atoms with Crippen molar-refractivity contribution in [2.75, 3.05) is 11.5 Å². The van der Waals surface area contributed by atoms with Gasteiger partial charge in [-0.1, -0.05) is 37.0 Å². The molecule has 4 nitrogen and oxygen atoms in total. The quantitative estimate of drug-likeness (QED) is 0.253. The Labute approximate surface area is 106 Å². The number of thioether (sulfide) groups is 2. The smallest absolute Gasteiger partial charge is 0.171 e. The second-order valence-corrected chi connectivity index (χ2v) is 5.38. The van der Waals surface area contributed by atoms with Gasteiger partial charge in [0.15, 0.2) is 10.1 Å². The second kappa shape index (κ2) is 11.1. The van der Waals surface area contributed by atoms with Crippen LogP contribution in [0.5, 0.6) is 0 Å². The van der Waals surface area contributed by atoms with Crippen molar-refractivity contribution in [1.29, 1.82) is 0 Å². The molecule has 0 fully saturated rings. The molecule has 94 valence electrons. The Morgan fingerprint density at radius 3 is 1.50 bits per heavy atom. The average Bonchev–Trinajstić information content (AvgIpc) is 2.31. The van der Waals surface area contributed by atoms with Crippen LogP contribution in [0.1, 0.15) is 39.5 Å². The van der Waals surface area contributed by atoms with Crippen LogP contribution in [0.25, 0.3) is 0 Å². The van der Waals surface area contributed by atoms with Gasteiger partial charge in [-0.2, -0.15) is 0 Å². The van der Waals surface area contributed by atoms with Crippen LogP contribution in [-0.4, -0.2) is 32.0 Å².